The summed E-state index contributed by atoms with van der Waals surface area (Å²) < 4.78 is 68.7. The molecule has 0 radical (unpaired) electrons. The Hall–Kier alpha value is -2.14. The van der Waals surface area contributed by atoms with Crippen LogP contribution < -0.4 is 0 Å². The highest BCUT2D eigenvalue weighted by molar-refractivity contribution is 7.89. The Labute approximate surface area is 147 Å². The van der Waals surface area contributed by atoms with Gasteiger partial charge in [-0.25, -0.2) is 18.1 Å². The van der Waals surface area contributed by atoms with Crippen molar-refractivity contribution in [1.82, 2.24) is 9.21 Å². The van der Waals surface area contributed by atoms with Crippen molar-refractivity contribution >= 4 is 22.0 Å². The molecular formula is C15H15F3N2O5S. The van der Waals surface area contributed by atoms with E-state index in [-0.39, 0.29) is 37.4 Å². The SMILES string of the molecule is O=C1COC(=O)N1C1CCN(S(=O)(=O)c2ccc(C(F)(F)F)cc2)CC1. The molecule has 0 saturated carbocycles. The molecule has 2 aliphatic rings. The van der Waals surface area contributed by atoms with Crippen LogP contribution in [0.1, 0.15) is 18.4 Å². The highest BCUT2D eigenvalue weighted by Crippen LogP contribution is 2.31. The van der Waals surface area contributed by atoms with Crippen LogP contribution in [0.4, 0.5) is 18.0 Å². The minimum atomic E-state index is -4.54. The molecule has 26 heavy (non-hydrogen) atoms. The van der Waals surface area contributed by atoms with Crippen molar-refractivity contribution in [3.63, 3.8) is 0 Å². The molecule has 0 spiro atoms. The van der Waals surface area contributed by atoms with Gasteiger partial charge in [0.15, 0.2) is 6.61 Å². The van der Waals surface area contributed by atoms with Crippen LogP contribution >= 0.6 is 0 Å². The normalized spacial score (nSPS) is 20.5. The molecule has 0 unspecified atom stereocenters. The Bertz CT molecular complexity index is 799. The first-order valence-electron chi connectivity index (χ1n) is 7.77. The first-order valence-corrected chi connectivity index (χ1v) is 9.21. The molecule has 2 amide bonds. The number of imide groups is 1. The van der Waals surface area contributed by atoms with E-state index in [2.05, 4.69) is 4.74 Å². The fourth-order valence-electron chi connectivity index (χ4n) is 3.02. The minimum Gasteiger partial charge on any atom is -0.439 e. The molecule has 1 aromatic rings. The number of alkyl halides is 3. The van der Waals surface area contributed by atoms with Crippen LogP contribution in [0.3, 0.4) is 0 Å². The van der Waals surface area contributed by atoms with Crippen molar-refractivity contribution in [2.45, 2.75) is 30.0 Å². The summed E-state index contributed by atoms with van der Waals surface area (Å²) in [6.07, 6.45) is -4.81. The van der Waals surface area contributed by atoms with E-state index in [0.717, 1.165) is 33.5 Å². The standard InChI is InChI=1S/C15H15F3N2O5S/c16-15(17,18)10-1-3-12(4-2-10)26(23,24)19-7-5-11(6-8-19)20-13(21)9-25-14(20)22/h1-4,11H,5-9H2. The molecule has 2 fully saturated rings. The number of carbonyl (C=O) groups is 2. The monoisotopic (exact) mass is 392 g/mol. The summed E-state index contributed by atoms with van der Waals surface area (Å²) in [7, 11) is -3.95. The molecule has 3 rings (SSSR count). The summed E-state index contributed by atoms with van der Waals surface area (Å²) in [5, 5.41) is 0. The zero-order valence-electron chi connectivity index (χ0n) is 13.4. The smallest absolute Gasteiger partial charge is 0.417 e. The van der Waals surface area contributed by atoms with Crippen LogP contribution in [-0.2, 0) is 25.7 Å². The number of hydrogen-bond acceptors (Lipinski definition) is 5. The van der Waals surface area contributed by atoms with Gasteiger partial charge in [0.05, 0.1) is 10.5 Å². The maximum Gasteiger partial charge on any atom is 0.417 e. The van der Waals surface area contributed by atoms with Crippen molar-refractivity contribution in [2.75, 3.05) is 19.7 Å². The first-order chi connectivity index (χ1) is 12.1. The number of sulfonamides is 1. The van der Waals surface area contributed by atoms with Crippen LogP contribution in [0.25, 0.3) is 0 Å². The van der Waals surface area contributed by atoms with Gasteiger partial charge < -0.3 is 4.74 Å². The number of amides is 2. The van der Waals surface area contributed by atoms with Gasteiger partial charge in [0.25, 0.3) is 5.91 Å². The number of rotatable bonds is 3. The summed E-state index contributed by atoms with van der Waals surface area (Å²) >= 11 is 0. The van der Waals surface area contributed by atoms with E-state index >= 15 is 0 Å². The Balaban J connectivity index is 1.70. The zero-order valence-corrected chi connectivity index (χ0v) is 14.2. The van der Waals surface area contributed by atoms with E-state index in [9.17, 15) is 31.2 Å². The predicted octanol–water partition coefficient (Wildman–Crippen LogP) is 1.84. The highest BCUT2D eigenvalue weighted by Gasteiger charge is 2.40. The van der Waals surface area contributed by atoms with Crippen molar-refractivity contribution in [3.8, 4) is 0 Å². The molecule has 0 N–H and O–H groups in total. The van der Waals surface area contributed by atoms with Crippen molar-refractivity contribution in [2.24, 2.45) is 0 Å². The summed E-state index contributed by atoms with van der Waals surface area (Å²) in [5.41, 5.74) is -0.929. The molecule has 11 heteroatoms. The van der Waals surface area contributed by atoms with E-state index in [0.29, 0.717) is 0 Å². The third-order valence-corrected chi connectivity index (χ3v) is 6.31. The second-order valence-electron chi connectivity index (χ2n) is 5.98. The van der Waals surface area contributed by atoms with Crippen LogP contribution in [-0.4, -0.2) is 55.4 Å². The van der Waals surface area contributed by atoms with Crippen molar-refractivity contribution in [3.05, 3.63) is 29.8 Å². The lowest BCUT2D eigenvalue weighted by Crippen LogP contribution is -2.48. The minimum absolute atomic E-state index is 0.0467. The van der Waals surface area contributed by atoms with Crippen LogP contribution in [0, 0.1) is 0 Å². The van der Waals surface area contributed by atoms with Gasteiger partial charge in [0, 0.05) is 19.1 Å². The van der Waals surface area contributed by atoms with Crippen LogP contribution in [0.2, 0.25) is 0 Å². The number of nitrogens with zero attached hydrogens (tertiary/aromatic N) is 2. The molecule has 2 saturated heterocycles. The van der Waals surface area contributed by atoms with Gasteiger partial charge >= 0.3 is 12.3 Å². The molecule has 2 aliphatic heterocycles. The lowest BCUT2D eigenvalue weighted by atomic mass is 10.1. The summed E-state index contributed by atoms with van der Waals surface area (Å²) in [6, 6.07) is 2.84. The van der Waals surface area contributed by atoms with E-state index < -0.39 is 39.8 Å². The number of hydrogen-bond donors (Lipinski definition) is 0. The van der Waals surface area contributed by atoms with Gasteiger partial charge in [-0.05, 0) is 37.1 Å². The Morgan fingerprint density at radius 1 is 1.04 bits per heavy atom. The average Bonchev–Trinajstić information content (AvgIpc) is 2.93. The van der Waals surface area contributed by atoms with Crippen LogP contribution in [0.5, 0.6) is 0 Å². The average molecular weight is 392 g/mol. The number of carbonyl (C=O) groups excluding carboxylic acids is 2. The van der Waals surface area contributed by atoms with Crippen molar-refractivity contribution < 1.29 is 35.9 Å². The highest BCUT2D eigenvalue weighted by atomic mass is 32.2. The first kappa shape index (κ1) is 18.6. The Morgan fingerprint density at radius 3 is 2.08 bits per heavy atom. The molecule has 0 bridgehead atoms. The van der Waals surface area contributed by atoms with Gasteiger partial charge in [0.2, 0.25) is 10.0 Å². The largest absolute Gasteiger partial charge is 0.439 e. The summed E-state index contributed by atoms with van der Waals surface area (Å²) in [6.45, 7) is -0.223. The molecule has 2 heterocycles. The van der Waals surface area contributed by atoms with E-state index in [1.807, 2.05) is 0 Å². The van der Waals surface area contributed by atoms with E-state index in [1.165, 1.54) is 0 Å². The van der Waals surface area contributed by atoms with Crippen molar-refractivity contribution in [1.29, 1.82) is 0 Å². The third-order valence-electron chi connectivity index (χ3n) is 4.39. The fourth-order valence-corrected chi connectivity index (χ4v) is 4.49. The van der Waals surface area contributed by atoms with E-state index in [4.69, 9.17) is 0 Å². The number of ether oxygens (including phenoxy) is 1. The topological polar surface area (TPSA) is 84.0 Å². The molecule has 7 nitrogen and oxygen atoms in total. The Morgan fingerprint density at radius 2 is 1.62 bits per heavy atom. The quantitative estimate of drug-likeness (QED) is 0.784. The van der Waals surface area contributed by atoms with Gasteiger partial charge in [-0.2, -0.15) is 17.5 Å². The lowest BCUT2D eigenvalue weighted by Gasteiger charge is -2.34. The molecule has 1 aromatic carbocycles. The number of halogens is 3. The molecule has 142 valence electrons. The molecule has 0 atom stereocenters. The van der Waals surface area contributed by atoms with E-state index in [1.54, 1.807) is 0 Å². The number of cyclic esters (lactones) is 1. The van der Waals surface area contributed by atoms with Crippen LogP contribution in [0.15, 0.2) is 29.2 Å². The maximum atomic E-state index is 12.6. The second kappa shape index (κ2) is 6.54. The van der Waals surface area contributed by atoms with Gasteiger partial charge in [-0.1, -0.05) is 0 Å². The summed E-state index contributed by atoms with van der Waals surface area (Å²) in [4.78, 5) is 24.0. The molecule has 0 aromatic heterocycles. The predicted molar refractivity (Wildman–Crippen MR) is 81.4 cm³/mol. The second-order valence-corrected chi connectivity index (χ2v) is 7.91. The lowest BCUT2D eigenvalue weighted by molar-refractivity contribution is -0.137. The number of benzene rings is 1. The zero-order chi connectivity index (χ0) is 19.1. The van der Waals surface area contributed by atoms with Gasteiger partial charge in [0.1, 0.15) is 0 Å². The third kappa shape index (κ3) is 3.40. The van der Waals surface area contributed by atoms with Gasteiger partial charge in [-0.15, -0.1) is 0 Å². The fraction of sp³-hybridized carbons (Fsp3) is 0.467. The Kier molecular flexibility index (Phi) is 4.69. The summed E-state index contributed by atoms with van der Waals surface area (Å²) in [5.74, 6) is -0.459. The van der Waals surface area contributed by atoms with Gasteiger partial charge in [-0.3, -0.25) is 4.79 Å². The number of piperidine rings is 1. The molecular weight excluding hydrogens is 377 g/mol. The molecule has 0 aliphatic carbocycles. The maximum absolute atomic E-state index is 12.6.